The first kappa shape index (κ1) is 16.0. The summed E-state index contributed by atoms with van der Waals surface area (Å²) in [6.07, 6.45) is -0.108. The second-order valence-corrected chi connectivity index (χ2v) is 5.28. The van der Waals surface area contributed by atoms with Gasteiger partial charge in [-0.3, -0.25) is 14.9 Å². The van der Waals surface area contributed by atoms with Crippen molar-refractivity contribution in [2.45, 2.75) is 25.7 Å². The fourth-order valence-corrected chi connectivity index (χ4v) is 2.38. The van der Waals surface area contributed by atoms with E-state index in [-0.39, 0.29) is 30.0 Å². The normalized spacial score (nSPS) is 12.1. The fourth-order valence-electron chi connectivity index (χ4n) is 2.26. The molecule has 116 valence electrons. The van der Waals surface area contributed by atoms with Crippen molar-refractivity contribution in [2.75, 3.05) is 0 Å². The fraction of sp³-hybridized carbons (Fsp3) is 0.286. The number of nitrogens with zero attached hydrogens (tertiary/aromatic N) is 2. The first-order valence-electron chi connectivity index (χ1n) is 6.45. The number of hydrogen-bond acceptors (Lipinski definition) is 5. The monoisotopic (exact) mass is 324 g/mol. The molecule has 1 heterocycles. The zero-order chi connectivity index (χ0) is 16.3. The Kier molecular flexibility index (Phi) is 4.77. The molecule has 0 fully saturated rings. The van der Waals surface area contributed by atoms with Crippen molar-refractivity contribution < 1.29 is 19.3 Å². The van der Waals surface area contributed by atoms with Gasteiger partial charge in [0.2, 0.25) is 5.76 Å². The van der Waals surface area contributed by atoms with Gasteiger partial charge in [-0.05, 0) is 24.6 Å². The summed E-state index contributed by atoms with van der Waals surface area (Å²) >= 11 is 5.82. The molecule has 0 aliphatic heterocycles. The lowest BCUT2D eigenvalue weighted by Gasteiger charge is -2.13. The summed E-state index contributed by atoms with van der Waals surface area (Å²) in [7, 11) is 0. The number of hydrogen-bond donors (Lipinski definition) is 1. The third-order valence-corrected chi connectivity index (χ3v) is 3.53. The Morgan fingerprint density at radius 1 is 1.45 bits per heavy atom. The maximum Gasteiger partial charge on any atom is 0.334 e. The van der Waals surface area contributed by atoms with E-state index in [1.54, 1.807) is 24.3 Å². The van der Waals surface area contributed by atoms with Crippen LogP contribution in [0.4, 0.5) is 5.69 Å². The molecule has 0 aliphatic carbocycles. The summed E-state index contributed by atoms with van der Waals surface area (Å²) in [5.41, 5.74) is 0.685. The average molecular weight is 325 g/mol. The molecule has 7 nitrogen and oxygen atoms in total. The number of rotatable bonds is 6. The van der Waals surface area contributed by atoms with Gasteiger partial charge in [-0.1, -0.05) is 28.9 Å². The molecule has 8 heteroatoms. The van der Waals surface area contributed by atoms with Gasteiger partial charge >= 0.3 is 11.7 Å². The molecule has 0 saturated heterocycles. The summed E-state index contributed by atoms with van der Waals surface area (Å²) in [5, 5.41) is 24.2. The predicted octanol–water partition coefficient (Wildman–Crippen LogP) is 3.35. The highest BCUT2D eigenvalue weighted by atomic mass is 35.5. The molecule has 1 N–H and O–H groups in total. The topological polar surface area (TPSA) is 106 Å². The minimum Gasteiger partial charge on any atom is -0.481 e. The number of nitro groups is 1. The van der Waals surface area contributed by atoms with Gasteiger partial charge in [0.25, 0.3) is 0 Å². The predicted molar refractivity (Wildman–Crippen MR) is 78.0 cm³/mol. The van der Waals surface area contributed by atoms with E-state index in [1.807, 2.05) is 0 Å². The van der Waals surface area contributed by atoms with Gasteiger partial charge in [0, 0.05) is 17.4 Å². The van der Waals surface area contributed by atoms with Crippen LogP contribution in [0.25, 0.3) is 0 Å². The molecule has 0 aliphatic rings. The maximum atomic E-state index is 11.1. The second-order valence-electron chi connectivity index (χ2n) is 4.85. The smallest absolute Gasteiger partial charge is 0.334 e. The molecule has 0 bridgehead atoms. The molecular weight excluding hydrogens is 312 g/mol. The van der Waals surface area contributed by atoms with E-state index in [1.165, 1.54) is 6.92 Å². The average Bonchev–Trinajstić information content (AvgIpc) is 2.79. The summed E-state index contributed by atoms with van der Waals surface area (Å²) in [6.45, 7) is 1.47. The number of carboxylic acid groups (broad SMARTS) is 1. The van der Waals surface area contributed by atoms with Crippen LogP contribution in [0.1, 0.15) is 29.4 Å². The standard InChI is InChI=1S/C14H13ClN2O5/c1-8-14(17(20)21)12(22-16-8)6-10(7-13(18)19)9-2-4-11(15)5-3-9/h2-5,10H,6-7H2,1H3,(H,18,19). The van der Waals surface area contributed by atoms with E-state index in [2.05, 4.69) is 5.16 Å². The van der Waals surface area contributed by atoms with Crippen LogP contribution in [-0.4, -0.2) is 21.2 Å². The number of carboxylic acids is 1. The van der Waals surface area contributed by atoms with Gasteiger partial charge in [-0.25, -0.2) is 0 Å². The highest BCUT2D eigenvalue weighted by Crippen LogP contribution is 2.31. The number of benzene rings is 1. The van der Waals surface area contributed by atoms with E-state index in [0.29, 0.717) is 5.02 Å². The van der Waals surface area contributed by atoms with Gasteiger partial charge in [0.05, 0.1) is 11.3 Å². The Bertz CT molecular complexity index is 696. The highest BCUT2D eigenvalue weighted by molar-refractivity contribution is 6.30. The molecular formula is C14H13ClN2O5. The Labute approximate surface area is 130 Å². The molecule has 2 rings (SSSR count). The van der Waals surface area contributed by atoms with Crippen LogP contribution in [0.3, 0.4) is 0 Å². The van der Waals surface area contributed by atoms with E-state index in [4.69, 9.17) is 21.2 Å². The summed E-state index contributed by atoms with van der Waals surface area (Å²) in [4.78, 5) is 21.5. The summed E-state index contributed by atoms with van der Waals surface area (Å²) in [5.74, 6) is -1.40. The zero-order valence-corrected chi connectivity index (χ0v) is 12.4. The number of halogens is 1. The molecule has 1 unspecified atom stereocenters. The summed E-state index contributed by atoms with van der Waals surface area (Å²) < 4.78 is 5.00. The molecule has 0 saturated carbocycles. The first-order chi connectivity index (χ1) is 10.4. The van der Waals surface area contributed by atoms with Crippen molar-refractivity contribution in [1.82, 2.24) is 5.16 Å². The number of aryl methyl sites for hydroxylation is 1. The highest BCUT2D eigenvalue weighted by Gasteiger charge is 2.28. The van der Waals surface area contributed by atoms with Crippen LogP contribution in [-0.2, 0) is 11.2 Å². The molecule has 1 atom stereocenters. The van der Waals surface area contributed by atoms with Gasteiger partial charge in [-0.15, -0.1) is 0 Å². The van der Waals surface area contributed by atoms with E-state index >= 15 is 0 Å². The Morgan fingerprint density at radius 2 is 2.09 bits per heavy atom. The largest absolute Gasteiger partial charge is 0.481 e. The van der Waals surface area contributed by atoms with Crippen LogP contribution < -0.4 is 0 Å². The number of aliphatic carboxylic acids is 1. The molecule has 0 amide bonds. The van der Waals surface area contributed by atoms with Crippen LogP contribution >= 0.6 is 11.6 Å². The molecule has 0 spiro atoms. The quantitative estimate of drug-likeness (QED) is 0.645. The maximum absolute atomic E-state index is 11.1. The number of aromatic nitrogens is 1. The van der Waals surface area contributed by atoms with E-state index in [0.717, 1.165) is 5.56 Å². The Balaban J connectivity index is 2.33. The van der Waals surface area contributed by atoms with Crippen LogP contribution in [0.2, 0.25) is 5.02 Å². The minimum atomic E-state index is -1.00. The van der Waals surface area contributed by atoms with Crippen molar-refractivity contribution in [3.05, 3.63) is 56.4 Å². The summed E-state index contributed by atoms with van der Waals surface area (Å²) in [6, 6.07) is 6.69. The lowest BCUT2D eigenvalue weighted by molar-refractivity contribution is -0.386. The SMILES string of the molecule is Cc1noc(CC(CC(=O)O)c2ccc(Cl)cc2)c1[N+](=O)[O-]. The third kappa shape index (κ3) is 3.62. The molecule has 22 heavy (non-hydrogen) atoms. The zero-order valence-electron chi connectivity index (χ0n) is 11.7. The molecule has 1 aromatic carbocycles. The molecule has 0 radical (unpaired) electrons. The van der Waals surface area contributed by atoms with E-state index < -0.39 is 16.8 Å². The van der Waals surface area contributed by atoms with Gasteiger partial charge in [0.1, 0.15) is 0 Å². The Hall–Kier alpha value is -2.41. The van der Waals surface area contributed by atoms with Crippen molar-refractivity contribution in [3.8, 4) is 0 Å². The minimum absolute atomic E-state index is 0.0729. The molecule has 1 aromatic heterocycles. The van der Waals surface area contributed by atoms with E-state index in [9.17, 15) is 14.9 Å². The van der Waals surface area contributed by atoms with Gasteiger partial charge < -0.3 is 9.63 Å². The first-order valence-corrected chi connectivity index (χ1v) is 6.83. The third-order valence-electron chi connectivity index (χ3n) is 3.28. The Morgan fingerprint density at radius 3 is 2.64 bits per heavy atom. The van der Waals surface area contributed by atoms with Crippen molar-refractivity contribution in [2.24, 2.45) is 0 Å². The van der Waals surface area contributed by atoms with Crippen molar-refractivity contribution in [3.63, 3.8) is 0 Å². The lowest BCUT2D eigenvalue weighted by atomic mass is 9.91. The lowest BCUT2D eigenvalue weighted by Crippen LogP contribution is -2.10. The van der Waals surface area contributed by atoms with Gasteiger partial charge in [-0.2, -0.15) is 0 Å². The molecule has 2 aromatic rings. The van der Waals surface area contributed by atoms with Crippen molar-refractivity contribution in [1.29, 1.82) is 0 Å². The van der Waals surface area contributed by atoms with Crippen LogP contribution in [0.5, 0.6) is 0 Å². The second kappa shape index (κ2) is 6.57. The van der Waals surface area contributed by atoms with Gasteiger partial charge in [0.15, 0.2) is 5.69 Å². The van der Waals surface area contributed by atoms with Crippen LogP contribution in [0, 0.1) is 17.0 Å². The number of carbonyl (C=O) groups is 1. The van der Waals surface area contributed by atoms with Crippen molar-refractivity contribution >= 4 is 23.3 Å². The van der Waals surface area contributed by atoms with Crippen LogP contribution in [0.15, 0.2) is 28.8 Å².